The van der Waals surface area contributed by atoms with E-state index in [0.717, 1.165) is 0 Å². The Labute approximate surface area is 58.6 Å². The lowest BCUT2D eigenvalue weighted by atomic mass is 10.3. The lowest BCUT2D eigenvalue weighted by Crippen LogP contribution is -2.32. The second kappa shape index (κ2) is 3.41. The molecule has 0 aromatic rings. The molecule has 0 spiro atoms. The number of azide groups is 1. The first-order chi connectivity index (χ1) is 4.83. The van der Waals surface area contributed by atoms with E-state index in [1.54, 1.807) is 0 Å². The van der Waals surface area contributed by atoms with E-state index in [2.05, 4.69) is 10.0 Å². The van der Waals surface area contributed by atoms with Crippen LogP contribution in [-0.4, -0.2) is 25.5 Å². The van der Waals surface area contributed by atoms with E-state index in [1.165, 1.54) is 0 Å². The quantitative estimate of drug-likeness (QED) is 0.313. The van der Waals surface area contributed by atoms with E-state index in [1.807, 2.05) is 6.92 Å². The fourth-order valence-corrected chi connectivity index (χ4v) is 0.729. The van der Waals surface area contributed by atoms with Crippen LogP contribution in [0.4, 0.5) is 0 Å². The largest absolute Gasteiger partial charge is 0.352 e. The molecule has 0 saturated carbocycles. The first kappa shape index (κ1) is 7.34. The summed E-state index contributed by atoms with van der Waals surface area (Å²) in [5, 5.41) is 3.45. The van der Waals surface area contributed by atoms with Crippen molar-refractivity contribution >= 4 is 0 Å². The normalized spacial score (nSPS) is 32.9. The molecule has 0 amide bonds. The Morgan fingerprint density at radius 1 is 1.50 bits per heavy atom. The lowest BCUT2D eigenvalue weighted by molar-refractivity contribution is -0.174. The maximum Gasteiger partial charge on any atom is 0.154 e. The standard InChI is InChI=1S/C5H9N3O2/c1-4-9-2-5(3-10-4)7-8-6/h4-5H,2-3H2,1H3. The van der Waals surface area contributed by atoms with Crippen LogP contribution in [-0.2, 0) is 9.47 Å². The van der Waals surface area contributed by atoms with Crippen molar-refractivity contribution in [3.63, 3.8) is 0 Å². The first-order valence-electron chi connectivity index (χ1n) is 3.10. The van der Waals surface area contributed by atoms with Gasteiger partial charge in [-0.05, 0) is 12.5 Å². The molecule has 0 bridgehead atoms. The van der Waals surface area contributed by atoms with E-state index < -0.39 is 0 Å². The second-order valence-corrected chi connectivity index (χ2v) is 2.09. The molecule has 0 aromatic heterocycles. The van der Waals surface area contributed by atoms with Crippen LogP contribution >= 0.6 is 0 Å². The van der Waals surface area contributed by atoms with Gasteiger partial charge in [0.15, 0.2) is 6.29 Å². The third kappa shape index (κ3) is 1.88. The van der Waals surface area contributed by atoms with Crippen molar-refractivity contribution in [1.82, 2.24) is 0 Å². The average Bonchev–Trinajstić information content (AvgIpc) is 1.95. The summed E-state index contributed by atoms with van der Waals surface area (Å²) in [6.07, 6.45) is -0.162. The fourth-order valence-electron chi connectivity index (χ4n) is 0.729. The van der Waals surface area contributed by atoms with Crippen LogP contribution in [0.15, 0.2) is 5.11 Å². The summed E-state index contributed by atoms with van der Waals surface area (Å²) in [5.74, 6) is 0. The topological polar surface area (TPSA) is 67.2 Å². The Balaban J connectivity index is 2.32. The highest BCUT2D eigenvalue weighted by atomic mass is 16.7. The zero-order chi connectivity index (χ0) is 7.40. The molecule has 0 atom stereocenters. The molecule has 0 N–H and O–H groups in total. The van der Waals surface area contributed by atoms with Crippen LogP contribution in [0.1, 0.15) is 6.92 Å². The van der Waals surface area contributed by atoms with Gasteiger partial charge >= 0.3 is 0 Å². The van der Waals surface area contributed by atoms with Gasteiger partial charge in [0.05, 0.1) is 19.3 Å². The first-order valence-corrected chi connectivity index (χ1v) is 3.10. The van der Waals surface area contributed by atoms with E-state index in [-0.39, 0.29) is 12.3 Å². The SMILES string of the molecule is CC1OCC(N=[N+]=[N-])CO1. The molecule has 0 aliphatic carbocycles. The van der Waals surface area contributed by atoms with Crippen LogP contribution in [0.2, 0.25) is 0 Å². The van der Waals surface area contributed by atoms with Gasteiger partial charge in [-0.15, -0.1) is 0 Å². The third-order valence-electron chi connectivity index (χ3n) is 1.26. The minimum atomic E-state index is -0.162. The number of nitrogens with zero attached hydrogens (tertiary/aromatic N) is 3. The van der Waals surface area contributed by atoms with Gasteiger partial charge in [-0.3, -0.25) is 0 Å². The fraction of sp³-hybridized carbons (Fsp3) is 1.00. The molecular weight excluding hydrogens is 134 g/mol. The van der Waals surface area contributed by atoms with Gasteiger partial charge in [0.25, 0.3) is 0 Å². The van der Waals surface area contributed by atoms with Crippen molar-refractivity contribution in [3.05, 3.63) is 10.4 Å². The maximum atomic E-state index is 8.03. The Morgan fingerprint density at radius 3 is 2.60 bits per heavy atom. The summed E-state index contributed by atoms with van der Waals surface area (Å²) in [6.45, 7) is 2.74. The van der Waals surface area contributed by atoms with Crippen LogP contribution in [0, 0.1) is 0 Å². The Morgan fingerprint density at radius 2 is 2.10 bits per heavy atom. The molecule has 1 heterocycles. The summed E-state index contributed by atoms with van der Waals surface area (Å²) in [5.41, 5.74) is 8.03. The van der Waals surface area contributed by atoms with Crippen LogP contribution in [0.25, 0.3) is 10.4 Å². The Hall–Kier alpha value is -0.770. The van der Waals surface area contributed by atoms with E-state index in [0.29, 0.717) is 13.2 Å². The molecule has 56 valence electrons. The Bertz CT molecular complexity index is 147. The van der Waals surface area contributed by atoms with Crippen molar-refractivity contribution in [2.75, 3.05) is 13.2 Å². The molecule has 10 heavy (non-hydrogen) atoms. The van der Waals surface area contributed by atoms with Gasteiger partial charge < -0.3 is 9.47 Å². The van der Waals surface area contributed by atoms with E-state index in [4.69, 9.17) is 15.0 Å². The molecule has 0 unspecified atom stereocenters. The molecule has 1 aliphatic heterocycles. The van der Waals surface area contributed by atoms with Crippen LogP contribution in [0.5, 0.6) is 0 Å². The molecule has 5 nitrogen and oxygen atoms in total. The highest BCUT2D eigenvalue weighted by Gasteiger charge is 2.16. The van der Waals surface area contributed by atoms with Crippen LogP contribution < -0.4 is 0 Å². The van der Waals surface area contributed by atoms with Gasteiger partial charge in [0, 0.05) is 4.91 Å². The molecule has 1 rings (SSSR count). The molecule has 0 radical (unpaired) electrons. The van der Waals surface area contributed by atoms with Gasteiger partial charge in [0.1, 0.15) is 0 Å². The van der Waals surface area contributed by atoms with Gasteiger partial charge in [-0.1, -0.05) is 5.11 Å². The lowest BCUT2D eigenvalue weighted by Gasteiger charge is -2.23. The highest BCUT2D eigenvalue weighted by Crippen LogP contribution is 2.06. The summed E-state index contributed by atoms with van der Waals surface area (Å²) in [6, 6.07) is -0.152. The van der Waals surface area contributed by atoms with E-state index >= 15 is 0 Å². The van der Waals surface area contributed by atoms with Crippen molar-refractivity contribution in [2.24, 2.45) is 5.11 Å². The number of hydrogen-bond donors (Lipinski definition) is 0. The predicted octanol–water partition coefficient (Wildman–Crippen LogP) is 1.06. The molecule has 1 aliphatic rings. The predicted molar refractivity (Wildman–Crippen MR) is 34.3 cm³/mol. The van der Waals surface area contributed by atoms with Crippen molar-refractivity contribution < 1.29 is 9.47 Å². The van der Waals surface area contributed by atoms with Crippen LogP contribution in [0.3, 0.4) is 0 Å². The minimum absolute atomic E-state index is 0.152. The second-order valence-electron chi connectivity index (χ2n) is 2.09. The number of rotatable bonds is 1. The molecule has 5 heteroatoms. The highest BCUT2D eigenvalue weighted by molar-refractivity contribution is 4.68. The summed E-state index contributed by atoms with van der Waals surface area (Å²) < 4.78 is 10.1. The average molecular weight is 143 g/mol. The third-order valence-corrected chi connectivity index (χ3v) is 1.26. The summed E-state index contributed by atoms with van der Waals surface area (Å²) in [4.78, 5) is 2.65. The maximum absolute atomic E-state index is 8.03. The van der Waals surface area contributed by atoms with Gasteiger partial charge in [-0.25, -0.2) is 0 Å². The monoisotopic (exact) mass is 143 g/mol. The number of ether oxygens (including phenoxy) is 2. The van der Waals surface area contributed by atoms with Crippen molar-refractivity contribution in [1.29, 1.82) is 0 Å². The van der Waals surface area contributed by atoms with E-state index in [9.17, 15) is 0 Å². The van der Waals surface area contributed by atoms with Crippen molar-refractivity contribution in [3.8, 4) is 0 Å². The summed E-state index contributed by atoms with van der Waals surface area (Å²) in [7, 11) is 0. The zero-order valence-corrected chi connectivity index (χ0v) is 5.73. The molecule has 1 fully saturated rings. The molecule has 0 aromatic carbocycles. The van der Waals surface area contributed by atoms with Crippen molar-refractivity contribution in [2.45, 2.75) is 19.3 Å². The summed E-state index contributed by atoms with van der Waals surface area (Å²) >= 11 is 0. The Kier molecular flexibility index (Phi) is 2.50. The minimum Gasteiger partial charge on any atom is -0.352 e. The zero-order valence-electron chi connectivity index (χ0n) is 5.73. The smallest absolute Gasteiger partial charge is 0.154 e. The molecular formula is C5H9N3O2. The van der Waals surface area contributed by atoms with Gasteiger partial charge in [0.2, 0.25) is 0 Å². The van der Waals surface area contributed by atoms with Gasteiger partial charge in [-0.2, -0.15) is 0 Å². The number of hydrogen-bond acceptors (Lipinski definition) is 3. The molecule has 1 saturated heterocycles.